The van der Waals surface area contributed by atoms with Crippen molar-refractivity contribution in [1.82, 2.24) is 9.97 Å². The number of hydrogen-bond donors (Lipinski definition) is 1. The fourth-order valence-electron chi connectivity index (χ4n) is 2.29. The second kappa shape index (κ2) is 6.20. The van der Waals surface area contributed by atoms with E-state index in [1.807, 2.05) is 0 Å². The third-order valence-electron chi connectivity index (χ3n) is 3.42. The molecule has 0 aliphatic carbocycles. The highest BCUT2D eigenvalue weighted by atomic mass is 32.1. The van der Waals surface area contributed by atoms with Gasteiger partial charge in [-0.15, -0.1) is 11.3 Å². The van der Waals surface area contributed by atoms with Gasteiger partial charge in [-0.2, -0.15) is 0 Å². The van der Waals surface area contributed by atoms with Crippen LogP contribution in [0.4, 0.5) is 17.2 Å². The molecule has 0 amide bonds. The van der Waals surface area contributed by atoms with Crippen molar-refractivity contribution in [3.63, 3.8) is 0 Å². The Labute approximate surface area is 140 Å². The van der Waals surface area contributed by atoms with Gasteiger partial charge in [0.1, 0.15) is 21.9 Å². The van der Waals surface area contributed by atoms with Crippen LogP contribution in [0.2, 0.25) is 0 Å². The van der Waals surface area contributed by atoms with Crippen molar-refractivity contribution >= 4 is 44.7 Å². The fraction of sp³-hybridized carbons (Fsp3) is 0.133. The summed E-state index contributed by atoms with van der Waals surface area (Å²) in [5, 5.41) is 14.6. The van der Waals surface area contributed by atoms with Crippen molar-refractivity contribution in [2.75, 3.05) is 12.4 Å². The van der Waals surface area contributed by atoms with Crippen LogP contribution < -0.4 is 5.32 Å². The van der Waals surface area contributed by atoms with Gasteiger partial charge in [-0.3, -0.25) is 10.1 Å². The predicted octanol–water partition coefficient (Wildman–Crippen LogP) is 3.44. The zero-order valence-electron chi connectivity index (χ0n) is 12.8. The van der Waals surface area contributed by atoms with Crippen molar-refractivity contribution in [2.24, 2.45) is 0 Å². The Morgan fingerprint density at radius 1 is 1.38 bits per heavy atom. The van der Waals surface area contributed by atoms with E-state index in [9.17, 15) is 14.9 Å². The van der Waals surface area contributed by atoms with Crippen LogP contribution in [0.5, 0.6) is 0 Å². The summed E-state index contributed by atoms with van der Waals surface area (Å²) in [5.41, 5.74) is 1.20. The standard InChI is InChI=1S/C15H12N4O4S/c1-8-11-13(18-9-4-3-5-10(6-9)19(21)22)16-7-17-14(11)24-12(8)15(20)23-2/h3-7H,1-2H3,(H,16,17,18). The van der Waals surface area contributed by atoms with Crippen molar-refractivity contribution in [3.05, 3.63) is 51.1 Å². The van der Waals surface area contributed by atoms with Crippen LogP contribution in [-0.2, 0) is 4.74 Å². The lowest BCUT2D eigenvalue weighted by Crippen LogP contribution is -2.00. The molecule has 0 saturated carbocycles. The first-order chi connectivity index (χ1) is 11.5. The number of anilines is 2. The number of nitro benzene ring substituents is 1. The normalized spacial score (nSPS) is 10.6. The smallest absolute Gasteiger partial charge is 0.348 e. The number of nitrogens with zero attached hydrogens (tertiary/aromatic N) is 3. The highest BCUT2D eigenvalue weighted by Gasteiger charge is 2.20. The van der Waals surface area contributed by atoms with Crippen LogP contribution in [0, 0.1) is 17.0 Å². The van der Waals surface area contributed by atoms with E-state index in [0.29, 0.717) is 32.2 Å². The van der Waals surface area contributed by atoms with Crippen LogP contribution in [0.3, 0.4) is 0 Å². The lowest BCUT2D eigenvalue weighted by atomic mass is 10.2. The Morgan fingerprint density at radius 2 is 2.17 bits per heavy atom. The lowest BCUT2D eigenvalue weighted by Gasteiger charge is -2.07. The molecule has 0 aliphatic rings. The number of nitro groups is 1. The molecule has 0 spiro atoms. The second-order valence-electron chi connectivity index (χ2n) is 4.88. The second-order valence-corrected chi connectivity index (χ2v) is 5.88. The fourth-order valence-corrected chi connectivity index (χ4v) is 3.35. The molecule has 0 atom stereocenters. The van der Waals surface area contributed by atoms with Crippen LogP contribution in [0.1, 0.15) is 15.2 Å². The highest BCUT2D eigenvalue weighted by Crippen LogP contribution is 2.35. The molecule has 0 aliphatic heterocycles. The molecule has 0 saturated heterocycles. The first-order valence-corrected chi connectivity index (χ1v) is 7.66. The third-order valence-corrected chi connectivity index (χ3v) is 4.60. The molecule has 0 radical (unpaired) electrons. The average molecular weight is 344 g/mol. The monoisotopic (exact) mass is 344 g/mol. The number of aryl methyl sites for hydroxylation is 1. The molecule has 9 heteroatoms. The van der Waals surface area contributed by atoms with Crippen LogP contribution in [0.15, 0.2) is 30.6 Å². The van der Waals surface area contributed by atoms with E-state index in [1.54, 1.807) is 19.1 Å². The van der Waals surface area contributed by atoms with Crippen LogP contribution >= 0.6 is 11.3 Å². The minimum Gasteiger partial charge on any atom is -0.465 e. The van der Waals surface area contributed by atoms with Crippen molar-refractivity contribution < 1.29 is 14.5 Å². The third kappa shape index (κ3) is 2.76. The van der Waals surface area contributed by atoms with Crippen molar-refractivity contribution in [2.45, 2.75) is 6.92 Å². The Balaban J connectivity index is 2.07. The molecule has 122 valence electrons. The van der Waals surface area contributed by atoms with Crippen molar-refractivity contribution in [3.8, 4) is 0 Å². The topological polar surface area (TPSA) is 107 Å². The van der Waals surface area contributed by atoms with Gasteiger partial charge in [-0.05, 0) is 18.6 Å². The maximum absolute atomic E-state index is 11.8. The van der Waals surface area contributed by atoms with Gasteiger partial charge >= 0.3 is 5.97 Å². The number of esters is 1. The summed E-state index contributed by atoms with van der Waals surface area (Å²) in [6.07, 6.45) is 1.37. The van der Waals surface area contributed by atoms with E-state index >= 15 is 0 Å². The molecular weight excluding hydrogens is 332 g/mol. The van der Waals surface area contributed by atoms with Crippen molar-refractivity contribution in [1.29, 1.82) is 0 Å². The molecule has 0 unspecified atom stereocenters. The maximum atomic E-state index is 11.8. The van der Waals surface area contributed by atoms with E-state index in [1.165, 1.54) is 36.9 Å². The molecule has 1 aromatic carbocycles. The number of hydrogen-bond acceptors (Lipinski definition) is 8. The molecule has 2 heterocycles. The van der Waals surface area contributed by atoms with E-state index in [2.05, 4.69) is 15.3 Å². The van der Waals surface area contributed by atoms with Gasteiger partial charge in [0.15, 0.2) is 0 Å². The molecule has 3 aromatic rings. The maximum Gasteiger partial charge on any atom is 0.348 e. The van der Waals surface area contributed by atoms with Gasteiger partial charge in [0.05, 0.1) is 17.4 Å². The van der Waals surface area contributed by atoms with E-state index < -0.39 is 10.9 Å². The molecule has 24 heavy (non-hydrogen) atoms. The first kappa shape index (κ1) is 15.8. The largest absolute Gasteiger partial charge is 0.465 e. The Morgan fingerprint density at radius 3 is 2.88 bits per heavy atom. The van der Waals surface area contributed by atoms with Gasteiger partial charge < -0.3 is 10.1 Å². The molecule has 0 bridgehead atoms. The van der Waals surface area contributed by atoms with Gasteiger partial charge in [0, 0.05) is 17.8 Å². The van der Waals surface area contributed by atoms with E-state index in [4.69, 9.17) is 4.74 Å². The summed E-state index contributed by atoms with van der Waals surface area (Å²) in [4.78, 5) is 31.7. The predicted molar refractivity (Wildman–Crippen MR) is 89.9 cm³/mol. The Hall–Kier alpha value is -3.07. The van der Waals surface area contributed by atoms with Crippen LogP contribution in [0.25, 0.3) is 10.2 Å². The van der Waals surface area contributed by atoms with E-state index in [0.717, 1.165) is 0 Å². The quantitative estimate of drug-likeness (QED) is 0.439. The molecule has 8 nitrogen and oxygen atoms in total. The van der Waals surface area contributed by atoms with Gasteiger partial charge in [0.2, 0.25) is 0 Å². The number of fused-ring (bicyclic) bond motifs is 1. The average Bonchev–Trinajstić information content (AvgIpc) is 2.92. The Bertz CT molecular complexity index is 954. The molecule has 2 aromatic heterocycles. The molecule has 1 N–H and O–H groups in total. The van der Waals surface area contributed by atoms with Gasteiger partial charge in [-0.25, -0.2) is 14.8 Å². The number of carbonyl (C=O) groups is 1. The zero-order valence-corrected chi connectivity index (χ0v) is 13.6. The summed E-state index contributed by atoms with van der Waals surface area (Å²) in [5.74, 6) is 0.0428. The highest BCUT2D eigenvalue weighted by molar-refractivity contribution is 7.20. The summed E-state index contributed by atoms with van der Waals surface area (Å²) < 4.78 is 4.77. The zero-order chi connectivity index (χ0) is 17.3. The Kier molecular flexibility index (Phi) is 4.09. The van der Waals surface area contributed by atoms with Gasteiger partial charge in [0.25, 0.3) is 5.69 Å². The summed E-state index contributed by atoms with van der Waals surface area (Å²) in [6, 6.07) is 6.10. The molecule has 0 fully saturated rings. The number of rotatable bonds is 4. The first-order valence-electron chi connectivity index (χ1n) is 6.85. The minimum absolute atomic E-state index is 0.0254. The van der Waals surface area contributed by atoms with E-state index in [-0.39, 0.29) is 5.69 Å². The molecule has 3 rings (SSSR count). The summed E-state index contributed by atoms with van der Waals surface area (Å²) >= 11 is 1.22. The number of benzene rings is 1. The SMILES string of the molecule is COC(=O)c1sc2ncnc(Nc3cccc([N+](=O)[O-])c3)c2c1C. The number of nitrogens with one attached hydrogen (secondary N) is 1. The number of aromatic nitrogens is 2. The number of non-ortho nitro benzene ring substituents is 1. The number of carbonyl (C=O) groups excluding carboxylic acids is 1. The lowest BCUT2D eigenvalue weighted by molar-refractivity contribution is -0.384. The molecular formula is C15H12N4O4S. The number of ether oxygens (including phenoxy) is 1. The van der Waals surface area contributed by atoms with Crippen LogP contribution in [-0.4, -0.2) is 28.0 Å². The summed E-state index contributed by atoms with van der Waals surface area (Å²) in [6.45, 7) is 1.78. The minimum atomic E-state index is -0.466. The number of thiophene rings is 1. The van der Waals surface area contributed by atoms with Gasteiger partial charge in [-0.1, -0.05) is 6.07 Å². The number of methoxy groups -OCH3 is 1. The summed E-state index contributed by atoms with van der Waals surface area (Å²) in [7, 11) is 1.32.